The van der Waals surface area contributed by atoms with Crippen LogP contribution in [0.25, 0.3) is 0 Å². The minimum atomic E-state index is 0.0733. The number of nitrogens with zero attached hydrogens (tertiary/aromatic N) is 2. The highest BCUT2D eigenvalue weighted by Gasteiger charge is 2.31. The molecule has 2 aliphatic heterocycles. The number of allylic oxidation sites excluding steroid dienone is 2. The summed E-state index contributed by atoms with van der Waals surface area (Å²) in [6.45, 7) is 0.919. The number of carbonyl (C=O) groups excluding carboxylic acids is 1. The molecule has 3 rings (SSSR count). The summed E-state index contributed by atoms with van der Waals surface area (Å²) in [6.07, 6.45) is 3.85. The predicted molar refractivity (Wildman–Crippen MR) is 52.9 cm³/mol. The first-order valence-corrected chi connectivity index (χ1v) is 4.77. The van der Waals surface area contributed by atoms with E-state index >= 15 is 0 Å². The molecule has 2 heterocycles. The minimum Gasteiger partial charge on any atom is -0.483 e. The average Bonchev–Trinajstić information content (AvgIpc) is 2.29. The predicted octanol–water partition coefficient (Wildman–Crippen LogP) is 0.739. The molecule has 0 saturated heterocycles. The van der Waals surface area contributed by atoms with Crippen molar-refractivity contribution < 1.29 is 9.53 Å². The van der Waals surface area contributed by atoms with Gasteiger partial charge in [-0.3, -0.25) is 14.7 Å². The number of rotatable bonds is 0. The maximum Gasteiger partial charge on any atom is 0.234 e. The number of aliphatic imine (C=N–C) groups is 1. The zero-order chi connectivity index (χ0) is 10.3. The van der Waals surface area contributed by atoms with Crippen molar-refractivity contribution in [2.24, 2.45) is 4.99 Å². The second kappa shape index (κ2) is 2.99. The van der Waals surface area contributed by atoms with Gasteiger partial charge in [0, 0.05) is 25.1 Å². The molecule has 0 fully saturated rings. The molecule has 0 unspecified atom stereocenters. The molecule has 0 aromatic heterocycles. The van der Waals surface area contributed by atoms with Crippen LogP contribution in [0, 0.1) is 0 Å². The molecule has 0 aromatic carbocycles. The zero-order valence-electron chi connectivity index (χ0n) is 7.99. The van der Waals surface area contributed by atoms with Gasteiger partial charge in [-0.05, 0) is 0 Å². The molecule has 74 valence electrons. The van der Waals surface area contributed by atoms with Crippen LogP contribution in [0.1, 0.15) is 6.42 Å². The molecule has 4 nitrogen and oxygen atoms in total. The smallest absolute Gasteiger partial charge is 0.234 e. The first-order valence-electron chi connectivity index (χ1n) is 4.77. The second-order valence-corrected chi connectivity index (χ2v) is 3.39. The summed E-state index contributed by atoms with van der Waals surface area (Å²) >= 11 is 0. The van der Waals surface area contributed by atoms with Gasteiger partial charge in [0.05, 0.1) is 0 Å². The van der Waals surface area contributed by atoms with Gasteiger partial charge in [0.15, 0.2) is 5.76 Å². The van der Waals surface area contributed by atoms with E-state index in [1.807, 2.05) is 0 Å². The molecule has 0 saturated carbocycles. The SMILES string of the molecule is O=C1CCN=C2COC3=C(C=C=C=C3)N12. The van der Waals surface area contributed by atoms with Crippen LogP contribution in [-0.2, 0) is 9.53 Å². The van der Waals surface area contributed by atoms with Crippen LogP contribution in [0.2, 0.25) is 0 Å². The Morgan fingerprint density at radius 2 is 2.27 bits per heavy atom. The fourth-order valence-electron chi connectivity index (χ4n) is 1.79. The molecule has 4 heteroatoms. The van der Waals surface area contributed by atoms with Crippen molar-refractivity contribution in [1.29, 1.82) is 0 Å². The third kappa shape index (κ3) is 1.17. The van der Waals surface area contributed by atoms with Gasteiger partial charge in [0.1, 0.15) is 18.1 Å². The third-order valence-corrected chi connectivity index (χ3v) is 2.47. The van der Waals surface area contributed by atoms with E-state index in [0.717, 1.165) is 5.70 Å². The van der Waals surface area contributed by atoms with Gasteiger partial charge in [0.2, 0.25) is 5.91 Å². The van der Waals surface area contributed by atoms with Gasteiger partial charge in [-0.1, -0.05) is 11.5 Å². The number of amidine groups is 1. The first kappa shape index (κ1) is 8.30. The number of ether oxygens (including phenoxy) is 1. The summed E-state index contributed by atoms with van der Waals surface area (Å²) in [5.74, 6) is 1.44. The third-order valence-electron chi connectivity index (χ3n) is 2.47. The normalized spacial score (nSPS) is 22.3. The molecule has 0 spiro atoms. The van der Waals surface area contributed by atoms with Crippen LogP contribution in [0.5, 0.6) is 0 Å². The summed E-state index contributed by atoms with van der Waals surface area (Å²) in [7, 11) is 0. The number of fused-ring (bicyclic) bond motifs is 2. The molecule has 0 atom stereocenters. The molecule has 1 amide bonds. The molecule has 3 aliphatic rings. The van der Waals surface area contributed by atoms with E-state index < -0.39 is 0 Å². The topological polar surface area (TPSA) is 41.9 Å². The number of hydrogen-bond donors (Lipinski definition) is 0. The van der Waals surface area contributed by atoms with Crippen LogP contribution in [0.3, 0.4) is 0 Å². The highest BCUT2D eigenvalue weighted by molar-refractivity contribution is 6.03. The molecule has 15 heavy (non-hydrogen) atoms. The fourth-order valence-corrected chi connectivity index (χ4v) is 1.79. The molecule has 1 aliphatic carbocycles. The van der Waals surface area contributed by atoms with Crippen LogP contribution >= 0.6 is 0 Å². The minimum absolute atomic E-state index is 0.0733. The Balaban J connectivity index is 2.12. The molecule has 0 radical (unpaired) electrons. The lowest BCUT2D eigenvalue weighted by Gasteiger charge is -2.33. The van der Waals surface area contributed by atoms with Crippen LogP contribution < -0.4 is 0 Å². The Bertz CT molecular complexity index is 501. The van der Waals surface area contributed by atoms with Crippen LogP contribution in [0.15, 0.2) is 40.1 Å². The Labute approximate surface area is 86.5 Å². The lowest BCUT2D eigenvalue weighted by molar-refractivity contribution is -0.126. The molecule has 0 bridgehead atoms. The van der Waals surface area contributed by atoms with Gasteiger partial charge in [-0.25, -0.2) is 0 Å². The van der Waals surface area contributed by atoms with E-state index in [4.69, 9.17) is 4.74 Å². The van der Waals surface area contributed by atoms with Crippen LogP contribution in [-0.4, -0.2) is 29.8 Å². The molecular weight excluding hydrogens is 192 g/mol. The molecule has 0 aromatic rings. The van der Waals surface area contributed by atoms with Crippen molar-refractivity contribution >= 4 is 11.7 Å². The van der Waals surface area contributed by atoms with Crippen molar-refractivity contribution in [1.82, 2.24) is 4.90 Å². The quantitative estimate of drug-likeness (QED) is 0.541. The fraction of sp³-hybridized carbons (Fsp3) is 0.273. The van der Waals surface area contributed by atoms with E-state index in [9.17, 15) is 4.79 Å². The van der Waals surface area contributed by atoms with Gasteiger partial charge in [0.25, 0.3) is 0 Å². The summed E-state index contributed by atoms with van der Waals surface area (Å²) in [5, 5.41) is 0. The summed E-state index contributed by atoms with van der Waals surface area (Å²) < 4.78 is 5.47. The highest BCUT2D eigenvalue weighted by Crippen LogP contribution is 2.24. The van der Waals surface area contributed by atoms with Gasteiger partial charge < -0.3 is 4.74 Å². The van der Waals surface area contributed by atoms with Crippen molar-refractivity contribution in [3.63, 3.8) is 0 Å². The largest absolute Gasteiger partial charge is 0.483 e. The van der Waals surface area contributed by atoms with E-state index in [1.165, 1.54) is 0 Å². The van der Waals surface area contributed by atoms with E-state index in [2.05, 4.69) is 16.5 Å². The molecular formula is C11H8N2O2. The standard InChI is InChI=1S/C11H8N2O2/c14-11-5-6-12-10-7-15-9-4-2-1-3-8(9)13(10)11/h3-4H,5-7H2. The Kier molecular flexibility index (Phi) is 1.65. The maximum atomic E-state index is 11.8. The summed E-state index contributed by atoms with van der Waals surface area (Å²) in [6, 6.07) is 0. The number of carbonyl (C=O) groups is 1. The monoisotopic (exact) mass is 200 g/mol. The second-order valence-electron chi connectivity index (χ2n) is 3.39. The highest BCUT2D eigenvalue weighted by atomic mass is 16.5. The van der Waals surface area contributed by atoms with Crippen molar-refractivity contribution in [3.8, 4) is 0 Å². The van der Waals surface area contributed by atoms with Crippen LogP contribution in [0.4, 0.5) is 0 Å². The number of hydrogen-bond acceptors (Lipinski definition) is 3. The Hall–Kier alpha value is -2.02. The lowest BCUT2D eigenvalue weighted by atomic mass is 10.1. The van der Waals surface area contributed by atoms with Gasteiger partial charge in [-0.15, -0.1) is 0 Å². The van der Waals surface area contributed by atoms with Crippen molar-refractivity contribution in [2.45, 2.75) is 6.42 Å². The van der Waals surface area contributed by atoms with Gasteiger partial charge >= 0.3 is 0 Å². The summed E-state index contributed by atoms with van der Waals surface area (Å²) in [5.41, 5.74) is 6.35. The van der Waals surface area contributed by atoms with E-state index in [1.54, 1.807) is 17.1 Å². The molecule has 0 N–H and O–H groups in total. The Morgan fingerprint density at radius 1 is 1.40 bits per heavy atom. The average molecular weight is 200 g/mol. The lowest BCUT2D eigenvalue weighted by Crippen LogP contribution is -2.44. The summed E-state index contributed by atoms with van der Waals surface area (Å²) in [4.78, 5) is 17.6. The van der Waals surface area contributed by atoms with Gasteiger partial charge in [-0.2, -0.15) is 0 Å². The van der Waals surface area contributed by atoms with Crippen molar-refractivity contribution in [3.05, 3.63) is 35.1 Å². The zero-order valence-corrected chi connectivity index (χ0v) is 7.99. The first-order chi connectivity index (χ1) is 7.36. The van der Waals surface area contributed by atoms with Crippen molar-refractivity contribution in [2.75, 3.05) is 13.2 Å². The number of amides is 1. The Morgan fingerprint density at radius 3 is 3.20 bits per heavy atom. The van der Waals surface area contributed by atoms with E-state index in [0.29, 0.717) is 31.2 Å². The van der Waals surface area contributed by atoms with E-state index in [-0.39, 0.29) is 5.91 Å². The maximum absolute atomic E-state index is 11.8.